The van der Waals surface area contributed by atoms with Gasteiger partial charge in [-0.05, 0) is 17.0 Å². The van der Waals surface area contributed by atoms with Crippen LogP contribution in [0.4, 0.5) is 48.3 Å². The van der Waals surface area contributed by atoms with E-state index in [4.69, 9.17) is 0 Å². The van der Waals surface area contributed by atoms with Crippen molar-refractivity contribution in [2.24, 2.45) is 0 Å². The highest BCUT2D eigenvalue weighted by molar-refractivity contribution is 8.11. The van der Waals surface area contributed by atoms with Gasteiger partial charge in [-0.1, -0.05) is 18.2 Å². The van der Waals surface area contributed by atoms with Crippen LogP contribution in [0.25, 0.3) is 0 Å². The van der Waals surface area contributed by atoms with E-state index in [2.05, 4.69) is 0 Å². The Labute approximate surface area is 142 Å². The third-order valence-corrected chi connectivity index (χ3v) is 6.59. The zero-order chi connectivity index (χ0) is 21.6. The molecule has 1 saturated carbocycles. The first-order chi connectivity index (χ1) is 11.6. The summed E-state index contributed by atoms with van der Waals surface area (Å²) < 4.78 is 185. The van der Waals surface area contributed by atoms with Crippen molar-refractivity contribution in [2.45, 2.75) is 39.5 Å². The Bertz CT molecular complexity index is 800. The summed E-state index contributed by atoms with van der Waals surface area (Å²) in [5.41, 5.74) is 0. The molecule has 27 heavy (non-hydrogen) atoms. The van der Waals surface area contributed by atoms with E-state index in [1.54, 1.807) is 0 Å². The second-order valence-electron chi connectivity index (χ2n) is 5.59. The van der Waals surface area contributed by atoms with E-state index >= 15 is 0 Å². The molecule has 0 heterocycles. The van der Waals surface area contributed by atoms with Crippen LogP contribution in [-0.2, 0) is 9.63 Å². The highest BCUT2D eigenvalue weighted by Gasteiger charge is 3.02. The summed E-state index contributed by atoms with van der Waals surface area (Å²) in [6, 6.07) is 1.46. The van der Waals surface area contributed by atoms with Crippen LogP contribution in [0.5, 0.6) is 0 Å². The van der Waals surface area contributed by atoms with Crippen molar-refractivity contribution >= 4 is 9.63 Å². The van der Waals surface area contributed by atoms with E-state index in [1.165, 1.54) is 0 Å². The maximum Gasteiger partial charge on any atom is 0.384 e. The highest BCUT2D eigenvalue weighted by atomic mass is 32.3. The van der Waals surface area contributed by atoms with Gasteiger partial charge in [0.25, 0.3) is 5.00 Å². The lowest BCUT2D eigenvalue weighted by Crippen LogP contribution is -2.88. The number of hydrogen-bond acceptors (Lipinski definition) is 3. The molecule has 1 aromatic carbocycles. The van der Waals surface area contributed by atoms with Crippen LogP contribution in [-0.4, -0.2) is 47.9 Å². The molecule has 2 rings (SSSR count). The maximum absolute atomic E-state index is 14.6. The highest BCUT2D eigenvalue weighted by Crippen LogP contribution is 2.74. The molecule has 0 saturated heterocycles. The SMILES string of the molecule is O=S([O-])([O-])(c1ccccc1)C1(F)C(F)(F)C(F)(F)C(F)(F)C(F)(F)C1(F)F. The minimum Gasteiger partial charge on any atom is -0.793 e. The van der Waals surface area contributed by atoms with E-state index in [0.29, 0.717) is 12.1 Å². The number of rotatable bonds is 2. The first-order valence-corrected chi connectivity index (χ1v) is 8.21. The summed E-state index contributed by atoms with van der Waals surface area (Å²) in [6.07, 6.45) is 0. The van der Waals surface area contributed by atoms with Crippen LogP contribution in [0.1, 0.15) is 0 Å². The van der Waals surface area contributed by atoms with Crippen molar-refractivity contribution < 1.29 is 61.6 Å². The van der Waals surface area contributed by atoms with Gasteiger partial charge in [-0.25, -0.2) is 4.39 Å². The molecule has 0 bridgehead atoms. The summed E-state index contributed by atoms with van der Waals surface area (Å²) in [6.45, 7) is 0. The van der Waals surface area contributed by atoms with Crippen LogP contribution in [0.15, 0.2) is 35.2 Å². The van der Waals surface area contributed by atoms with Gasteiger partial charge in [0, 0.05) is 0 Å². The fraction of sp³-hybridized carbons (Fsp3) is 0.500. The Morgan fingerprint density at radius 1 is 0.593 bits per heavy atom. The molecule has 1 aromatic rings. The molecule has 1 aliphatic carbocycles. The lowest BCUT2D eigenvalue weighted by Gasteiger charge is -2.68. The first-order valence-electron chi connectivity index (χ1n) is 6.40. The molecule has 156 valence electrons. The second kappa shape index (κ2) is 4.92. The molecular formula is C12H5F11O3S-2. The zero-order valence-corrected chi connectivity index (χ0v) is 13.0. The number of benzene rings is 1. The molecule has 0 aromatic heterocycles. The summed E-state index contributed by atoms with van der Waals surface area (Å²) >= 11 is 0. The largest absolute Gasteiger partial charge is 0.793 e. The average Bonchev–Trinajstić information content (AvgIpc) is 2.52. The van der Waals surface area contributed by atoms with Crippen molar-refractivity contribution in [1.29, 1.82) is 0 Å². The van der Waals surface area contributed by atoms with Gasteiger partial charge in [0.15, 0.2) is 0 Å². The van der Waals surface area contributed by atoms with E-state index in [0.717, 1.165) is 6.07 Å². The van der Waals surface area contributed by atoms with E-state index in [9.17, 15) is 61.6 Å². The van der Waals surface area contributed by atoms with E-state index < -0.39 is 49.1 Å². The molecule has 1 fully saturated rings. The van der Waals surface area contributed by atoms with Crippen molar-refractivity contribution in [3.05, 3.63) is 30.3 Å². The number of sulfone groups is 3. The molecule has 15 heteroatoms. The fourth-order valence-electron chi connectivity index (χ4n) is 2.45. The molecular weight excluding hydrogens is 433 g/mol. The van der Waals surface area contributed by atoms with Crippen molar-refractivity contribution in [2.75, 3.05) is 0 Å². The van der Waals surface area contributed by atoms with E-state index in [1.807, 2.05) is 0 Å². The third-order valence-electron chi connectivity index (χ3n) is 4.02. The minimum absolute atomic E-state index is 0.134. The van der Waals surface area contributed by atoms with Gasteiger partial charge < -0.3 is 13.3 Å². The van der Waals surface area contributed by atoms with Crippen LogP contribution in [0, 0.1) is 0 Å². The minimum atomic E-state index is -9.21. The average molecular weight is 438 g/mol. The third kappa shape index (κ3) is 1.92. The van der Waals surface area contributed by atoms with Gasteiger partial charge in [0.05, 0.1) is 0 Å². The summed E-state index contributed by atoms with van der Waals surface area (Å²) in [7, 11) is -9.21. The van der Waals surface area contributed by atoms with Crippen molar-refractivity contribution in [3.63, 3.8) is 0 Å². The summed E-state index contributed by atoms with van der Waals surface area (Å²) in [4.78, 5) is -2.37. The van der Waals surface area contributed by atoms with Crippen LogP contribution in [0.2, 0.25) is 0 Å². The first kappa shape index (κ1) is 21.8. The Hall–Kier alpha value is -1.48. The van der Waals surface area contributed by atoms with Gasteiger partial charge in [0.2, 0.25) is 0 Å². The van der Waals surface area contributed by atoms with Gasteiger partial charge in [-0.15, -0.1) is 0 Å². The Morgan fingerprint density at radius 2 is 0.889 bits per heavy atom. The molecule has 0 atom stereocenters. The molecule has 0 spiro atoms. The molecule has 0 aliphatic heterocycles. The predicted molar refractivity (Wildman–Crippen MR) is 63.0 cm³/mol. The summed E-state index contributed by atoms with van der Waals surface area (Å²) in [5, 5.41) is -7.67. The van der Waals surface area contributed by atoms with Gasteiger partial charge in [-0.2, -0.15) is 53.5 Å². The molecule has 0 amide bonds. The van der Waals surface area contributed by atoms with E-state index in [-0.39, 0.29) is 12.1 Å². The Kier molecular flexibility index (Phi) is 3.97. The van der Waals surface area contributed by atoms with Crippen molar-refractivity contribution in [3.8, 4) is 0 Å². The van der Waals surface area contributed by atoms with Gasteiger partial charge in [0.1, 0.15) is 0 Å². The monoisotopic (exact) mass is 438 g/mol. The Morgan fingerprint density at radius 3 is 1.22 bits per heavy atom. The van der Waals surface area contributed by atoms with Gasteiger partial charge in [-0.3, -0.25) is 0 Å². The lowest BCUT2D eigenvalue weighted by molar-refractivity contribution is -0.471. The smallest absolute Gasteiger partial charge is 0.384 e. The maximum atomic E-state index is 14.6. The quantitative estimate of drug-likeness (QED) is 0.657. The molecule has 0 unspecified atom stereocenters. The second-order valence-corrected chi connectivity index (χ2v) is 8.23. The molecule has 3 nitrogen and oxygen atoms in total. The predicted octanol–water partition coefficient (Wildman–Crippen LogP) is 3.98. The lowest BCUT2D eigenvalue weighted by atomic mass is 9.80. The van der Waals surface area contributed by atoms with Crippen molar-refractivity contribution in [1.82, 2.24) is 0 Å². The molecule has 0 radical (unpaired) electrons. The van der Waals surface area contributed by atoms with Crippen LogP contribution < -0.4 is 0 Å². The summed E-state index contributed by atoms with van der Waals surface area (Å²) in [5.74, 6) is -38.5. The standard InChI is InChI=1S/C12H7F11O3S/c13-7(14)8(15,16)10(19,20)12(23,11(21,22)9(7,17)18)27(24,25,26)6-4-2-1-3-5-6/h1-5H,(H2,24,25,26)/p-2. The topological polar surface area (TPSA) is 63.2 Å². The molecule has 0 N–H and O–H groups in total. The van der Waals surface area contributed by atoms with Crippen LogP contribution in [0.3, 0.4) is 0 Å². The number of halogens is 11. The Balaban J connectivity index is 3.07. The number of alkyl halides is 11. The normalized spacial score (nSPS) is 28.7. The number of hydrogen-bond donors (Lipinski definition) is 0. The zero-order valence-electron chi connectivity index (χ0n) is 12.2. The van der Waals surface area contributed by atoms with Gasteiger partial charge >= 0.3 is 29.6 Å². The fourth-order valence-corrected chi connectivity index (χ4v) is 4.54. The molecule has 1 aliphatic rings. The van der Waals surface area contributed by atoms with Crippen LogP contribution >= 0.6 is 0 Å².